The largest absolute Gasteiger partial charge is 0.453 e. The van der Waals surface area contributed by atoms with Crippen molar-refractivity contribution in [3.63, 3.8) is 0 Å². The van der Waals surface area contributed by atoms with Crippen LogP contribution in [0.25, 0.3) is 11.3 Å². The van der Waals surface area contributed by atoms with E-state index >= 15 is 0 Å². The summed E-state index contributed by atoms with van der Waals surface area (Å²) in [5.41, 5.74) is 0.735. The third kappa shape index (κ3) is 2.80. The molecule has 30 heavy (non-hydrogen) atoms. The Kier molecular flexibility index (Phi) is 4.01. The summed E-state index contributed by atoms with van der Waals surface area (Å²) in [5, 5.41) is 19.3. The van der Waals surface area contributed by atoms with Crippen LogP contribution in [0.5, 0.6) is 0 Å². The Bertz CT molecular complexity index is 1220. The van der Waals surface area contributed by atoms with Crippen LogP contribution < -0.4 is 9.80 Å². The van der Waals surface area contributed by atoms with Crippen molar-refractivity contribution in [3.8, 4) is 0 Å². The van der Waals surface area contributed by atoms with Crippen molar-refractivity contribution >= 4 is 22.9 Å². The number of likely N-dealkylation sites (N-methyl/N-ethyl adjacent to an activating group) is 1. The molecule has 1 saturated heterocycles. The third-order valence-electron chi connectivity index (χ3n) is 5.27. The van der Waals surface area contributed by atoms with Gasteiger partial charge in [-0.05, 0) is 12.1 Å². The molecule has 5 heterocycles. The first-order chi connectivity index (χ1) is 14.4. The maximum atomic E-state index is 13.1. The molecule has 1 aliphatic rings. The standard InChI is InChI=1S/C17H17F3N10/c1-3-11-22-24-15-14(21-6-7-29(11)15)28-8-10(9-28)27(2)13-5-4-12-23-25-16(17(18,19)20)30(12)26-13/h4-7,10H,3,8-9H2,1-2H3. The van der Waals surface area contributed by atoms with Crippen LogP contribution in [0.1, 0.15) is 18.6 Å². The molecule has 1 aliphatic heterocycles. The summed E-state index contributed by atoms with van der Waals surface area (Å²) in [6.45, 7) is 3.27. The van der Waals surface area contributed by atoms with Gasteiger partial charge in [-0.1, -0.05) is 6.92 Å². The van der Waals surface area contributed by atoms with Crippen LogP contribution in [0.2, 0.25) is 0 Å². The lowest BCUT2D eigenvalue weighted by atomic mass is 10.1. The molecule has 13 heteroatoms. The zero-order valence-corrected chi connectivity index (χ0v) is 16.1. The Morgan fingerprint density at radius 2 is 1.93 bits per heavy atom. The van der Waals surface area contributed by atoms with E-state index in [1.165, 1.54) is 6.07 Å². The summed E-state index contributed by atoms with van der Waals surface area (Å²) in [6.07, 6.45) is -0.330. The zero-order chi connectivity index (χ0) is 21.0. The number of anilines is 2. The molecule has 0 saturated carbocycles. The fraction of sp³-hybridized carbons (Fsp3) is 0.412. The number of alkyl halides is 3. The van der Waals surface area contributed by atoms with Crippen LogP contribution in [-0.2, 0) is 12.6 Å². The quantitative estimate of drug-likeness (QED) is 0.492. The van der Waals surface area contributed by atoms with Gasteiger partial charge in [0.05, 0.1) is 6.04 Å². The second kappa shape index (κ2) is 6.50. The molecule has 0 aromatic carbocycles. The molecule has 10 nitrogen and oxygen atoms in total. The monoisotopic (exact) mass is 418 g/mol. The topological polar surface area (TPSA) is 92.6 Å². The van der Waals surface area contributed by atoms with E-state index < -0.39 is 12.0 Å². The molecular formula is C17H17F3N10. The van der Waals surface area contributed by atoms with E-state index in [1.54, 1.807) is 19.3 Å². The fourth-order valence-corrected chi connectivity index (χ4v) is 3.53. The van der Waals surface area contributed by atoms with Crippen LogP contribution in [0.15, 0.2) is 24.5 Å². The molecule has 0 spiro atoms. The van der Waals surface area contributed by atoms with E-state index in [0.29, 0.717) is 24.6 Å². The van der Waals surface area contributed by atoms with Gasteiger partial charge >= 0.3 is 6.18 Å². The van der Waals surface area contributed by atoms with Gasteiger partial charge in [0.15, 0.2) is 11.5 Å². The number of aryl methyl sites for hydroxylation is 1. The van der Waals surface area contributed by atoms with Crippen molar-refractivity contribution in [3.05, 3.63) is 36.2 Å². The molecule has 0 radical (unpaired) electrons. The van der Waals surface area contributed by atoms with Crippen molar-refractivity contribution < 1.29 is 13.2 Å². The SMILES string of the molecule is CCc1nnc2c(N3CC(N(C)c4ccc5nnc(C(F)(F)F)n5n4)C3)nccn12. The summed E-state index contributed by atoms with van der Waals surface area (Å²) in [4.78, 5) is 8.34. The Balaban J connectivity index is 1.37. The van der Waals surface area contributed by atoms with Crippen LogP contribution in [0.4, 0.5) is 24.8 Å². The van der Waals surface area contributed by atoms with Gasteiger partial charge < -0.3 is 9.80 Å². The number of fused-ring (bicyclic) bond motifs is 2. The Labute approximate surface area is 168 Å². The molecule has 0 unspecified atom stereocenters. The molecule has 156 valence electrons. The molecule has 1 fully saturated rings. The number of aromatic nitrogens is 8. The molecule has 4 aromatic rings. The second-order valence-electron chi connectivity index (χ2n) is 7.07. The lowest BCUT2D eigenvalue weighted by Gasteiger charge is -2.44. The summed E-state index contributed by atoms with van der Waals surface area (Å²) in [7, 11) is 1.80. The number of hydrogen-bond donors (Lipinski definition) is 0. The lowest BCUT2D eigenvalue weighted by Crippen LogP contribution is -2.59. The van der Waals surface area contributed by atoms with Gasteiger partial charge in [-0.25, -0.2) is 4.98 Å². The highest BCUT2D eigenvalue weighted by Gasteiger charge is 2.38. The van der Waals surface area contributed by atoms with Crippen molar-refractivity contribution in [2.75, 3.05) is 29.9 Å². The molecule has 5 rings (SSSR count). The molecule has 0 bridgehead atoms. The second-order valence-corrected chi connectivity index (χ2v) is 7.07. The maximum Gasteiger partial charge on any atom is 0.453 e. The minimum absolute atomic E-state index is 0.0455. The Morgan fingerprint density at radius 1 is 1.13 bits per heavy atom. The fourth-order valence-electron chi connectivity index (χ4n) is 3.53. The van der Waals surface area contributed by atoms with E-state index in [9.17, 15) is 13.2 Å². The van der Waals surface area contributed by atoms with Gasteiger partial charge in [-0.2, -0.15) is 17.7 Å². The number of nitrogens with zero attached hydrogens (tertiary/aromatic N) is 10. The lowest BCUT2D eigenvalue weighted by molar-refractivity contribution is -0.146. The van der Waals surface area contributed by atoms with Crippen molar-refractivity contribution in [1.82, 2.24) is 39.4 Å². The average molecular weight is 418 g/mol. The van der Waals surface area contributed by atoms with Crippen LogP contribution in [-0.4, -0.2) is 65.6 Å². The zero-order valence-electron chi connectivity index (χ0n) is 16.1. The predicted molar refractivity (Wildman–Crippen MR) is 100 cm³/mol. The van der Waals surface area contributed by atoms with Gasteiger partial charge in [-0.15, -0.1) is 25.5 Å². The molecular weight excluding hydrogens is 401 g/mol. The Hall–Kier alpha value is -3.51. The van der Waals surface area contributed by atoms with Crippen LogP contribution in [0, 0.1) is 0 Å². The minimum Gasteiger partial charge on any atom is -0.352 e. The number of halogens is 3. The maximum absolute atomic E-state index is 13.1. The average Bonchev–Trinajstić information content (AvgIpc) is 3.30. The number of hydrogen-bond acceptors (Lipinski definition) is 8. The summed E-state index contributed by atoms with van der Waals surface area (Å²) < 4.78 is 42.0. The van der Waals surface area contributed by atoms with Crippen LogP contribution >= 0.6 is 0 Å². The minimum atomic E-state index is -4.63. The summed E-state index contributed by atoms with van der Waals surface area (Å²) >= 11 is 0. The van der Waals surface area contributed by atoms with Gasteiger partial charge in [0.1, 0.15) is 11.6 Å². The third-order valence-corrected chi connectivity index (χ3v) is 5.27. The highest BCUT2D eigenvalue weighted by Crippen LogP contribution is 2.29. The highest BCUT2D eigenvalue weighted by molar-refractivity contribution is 5.66. The first kappa shape index (κ1) is 18.5. The van der Waals surface area contributed by atoms with Crippen molar-refractivity contribution in [2.24, 2.45) is 0 Å². The molecule has 0 aliphatic carbocycles. The normalized spacial score (nSPS) is 15.2. The summed E-state index contributed by atoms with van der Waals surface area (Å²) in [5.74, 6) is 0.849. The van der Waals surface area contributed by atoms with E-state index in [1.807, 2.05) is 22.4 Å². The molecule has 0 amide bonds. The van der Waals surface area contributed by atoms with E-state index in [-0.39, 0.29) is 11.7 Å². The van der Waals surface area contributed by atoms with Crippen molar-refractivity contribution in [2.45, 2.75) is 25.6 Å². The first-order valence-corrected chi connectivity index (χ1v) is 9.33. The predicted octanol–water partition coefficient (Wildman–Crippen LogP) is 1.47. The van der Waals surface area contributed by atoms with E-state index in [0.717, 1.165) is 22.6 Å². The van der Waals surface area contributed by atoms with Crippen molar-refractivity contribution in [1.29, 1.82) is 0 Å². The first-order valence-electron chi connectivity index (χ1n) is 9.33. The van der Waals surface area contributed by atoms with E-state index in [4.69, 9.17) is 0 Å². The van der Waals surface area contributed by atoms with Gasteiger partial charge in [0.25, 0.3) is 5.82 Å². The molecule has 0 N–H and O–H groups in total. The molecule has 4 aromatic heterocycles. The molecule has 0 atom stereocenters. The van der Waals surface area contributed by atoms with E-state index in [2.05, 4.69) is 35.4 Å². The number of rotatable bonds is 4. The van der Waals surface area contributed by atoms with Crippen LogP contribution in [0.3, 0.4) is 0 Å². The summed E-state index contributed by atoms with van der Waals surface area (Å²) in [6, 6.07) is 3.16. The highest BCUT2D eigenvalue weighted by atomic mass is 19.4. The Morgan fingerprint density at radius 3 is 2.67 bits per heavy atom. The smallest absolute Gasteiger partial charge is 0.352 e. The van der Waals surface area contributed by atoms with Gasteiger partial charge in [0, 0.05) is 39.0 Å². The van der Waals surface area contributed by atoms with Gasteiger partial charge in [-0.3, -0.25) is 4.40 Å². The van der Waals surface area contributed by atoms with Gasteiger partial charge in [0.2, 0.25) is 5.65 Å².